The summed E-state index contributed by atoms with van der Waals surface area (Å²) in [5.41, 5.74) is -0.357. The molecule has 2 aliphatic heterocycles. The number of rotatable bonds is 2. The van der Waals surface area contributed by atoms with Gasteiger partial charge in [0.15, 0.2) is 0 Å². The molecule has 1 N–H and O–H groups in total. The van der Waals surface area contributed by atoms with Crippen molar-refractivity contribution in [3.8, 4) is 0 Å². The fraction of sp³-hybridized carbons (Fsp3) is 1.00. The van der Waals surface area contributed by atoms with Crippen molar-refractivity contribution in [2.24, 2.45) is 0 Å². The summed E-state index contributed by atoms with van der Waals surface area (Å²) in [6, 6.07) is 0. The molecule has 4 heteroatoms. The number of ether oxygens (including phenoxy) is 1. The second-order valence-corrected chi connectivity index (χ2v) is 9.79. The zero-order valence-electron chi connectivity index (χ0n) is 16.0. The minimum atomic E-state index is -0.224. The molecule has 0 aromatic rings. The van der Waals surface area contributed by atoms with E-state index in [-0.39, 0.29) is 22.4 Å². The van der Waals surface area contributed by atoms with Crippen LogP contribution in [0.25, 0.3) is 0 Å². The first-order valence-electron chi connectivity index (χ1n) is 9.46. The first-order valence-corrected chi connectivity index (χ1v) is 9.46. The summed E-state index contributed by atoms with van der Waals surface area (Å²) in [5.74, 6) is 0. The molecule has 3 fully saturated rings. The Kier molecular flexibility index (Phi) is 4.37. The summed E-state index contributed by atoms with van der Waals surface area (Å²) in [5, 5.41) is 5.86. The zero-order chi connectivity index (χ0) is 16.9. The van der Waals surface area contributed by atoms with E-state index in [0.29, 0.717) is 6.10 Å². The molecule has 134 valence electrons. The van der Waals surface area contributed by atoms with Gasteiger partial charge in [-0.05, 0) is 67.2 Å². The molecule has 4 nitrogen and oxygen atoms in total. The Hall–Kier alpha value is -0.160. The average molecular weight is 325 g/mol. The third-order valence-electron chi connectivity index (χ3n) is 5.72. The number of hydrogen-bond donors (Lipinski definition) is 1. The summed E-state index contributed by atoms with van der Waals surface area (Å²) in [4.78, 5) is 6.57. The SMILES string of the molecule is CC1(C)NCC2(CC(C)(C)N(OC3CCCCC3)C(C)(C)C2)O1. The van der Waals surface area contributed by atoms with Crippen molar-refractivity contribution < 1.29 is 9.57 Å². The van der Waals surface area contributed by atoms with Crippen LogP contribution >= 0.6 is 0 Å². The van der Waals surface area contributed by atoms with E-state index in [1.807, 2.05) is 0 Å². The first-order chi connectivity index (χ1) is 10.5. The lowest BCUT2D eigenvalue weighted by atomic mass is 9.72. The predicted octanol–water partition coefficient (Wildman–Crippen LogP) is 4.00. The Bertz CT molecular complexity index is 421. The molecule has 0 atom stereocenters. The van der Waals surface area contributed by atoms with Gasteiger partial charge in [-0.15, -0.1) is 0 Å². The van der Waals surface area contributed by atoms with Crippen LogP contribution in [0.1, 0.15) is 86.5 Å². The lowest BCUT2D eigenvalue weighted by Gasteiger charge is -2.57. The summed E-state index contributed by atoms with van der Waals surface area (Å²) < 4.78 is 6.49. The van der Waals surface area contributed by atoms with Gasteiger partial charge in [0.25, 0.3) is 0 Å². The Morgan fingerprint density at radius 2 is 1.48 bits per heavy atom. The zero-order valence-corrected chi connectivity index (χ0v) is 16.0. The van der Waals surface area contributed by atoms with Gasteiger partial charge in [0, 0.05) is 17.6 Å². The third-order valence-corrected chi connectivity index (χ3v) is 5.72. The lowest BCUT2D eigenvalue weighted by molar-refractivity contribution is -0.331. The number of hydroxylamine groups is 2. The van der Waals surface area contributed by atoms with Gasteiger partial charge in [-0.2, -0.15) is 5.06 Å². The molecule has 0 aromatic heterocycles. The van der Waals surface area contributed by atoms with E-state index in [0.717, 1.165) is 19.4 Å². The molecule has 3 rings (SSSR count). The molecule has 0 radical (unpaired) electrons. The lowest BCUT2D eigenvalue weighted by Crippen LogP contribution is -2.66. The summed E-state index contributed by atoms with van der Waals surface area (Å²) in [6.45, 7) is 14.4. The Balaban J connectivity index is 1.77. The van der Waals surface area contributed by atoms with Crippen molar-refractivity contribution >= 4 is 0 Å². The largest absolute Gasteiger partial charge is 0.353 e. The minimum absolute atomic E-state index is 0.0265. The van der Waals surface area contributed by atoms with Crippen LogP contribution in [-0.4, -0.2) is 40.1 Å². The minimum Gasteiger partial charge on any atom is -0.353 e. The van der Waals surface area contributed by atoms with Gasteiger partial charge in [-0.25, -0.2) is 0 Å². The van der Waals surface area contributed by atoms with Crippen LogP contribution < -0.4 is 5.32 Å². The van der Waals surface area contributed by atoms with E-state index < -0.39 is 0 Å². The second-order valence-electron chi connectivity index (χ2n) is 9.79. The van der Waals surface area contributed by atoms with Crippen molar-refractivity contribution in [1.82, 2.24) is 10.4 Å². The summed E-state index contributed by atoms with van der Waals surface area (Å²) in [7, 11) is 0. The summed E-state index contributed by atoms with van der Waals surface area (Å²) >= 11 is 0. The van der Waals surface area contributed by atoms with E-state index in [1.54, 1.807) is 0 Å². The molecule has 3 aliphatic rings. The van der Waals surface area contributed by atoms with Crippen LogP contribution in [0.5, 0.6) is 0 Å². The number of nitrogens with zero attached hydrogens (tertiary/aromatic N) is 1. The molecule has 23 heavy (non-hydrogen) atoms. The smallest absolute Gasteiger partial charge is 0.114 e. The van der Waals surface area contributed by atoms with Crippen molar-refractivity contribution in [2.45, 2.75) is 115 Å². The van der Waals surface area contributed by atoms with E-state index >= 15 is 0 Å². The molecular formula is C19H36N2O2. The van der Waals surface area contributed by atoms with Crippen molar-refractivity contribution in [1.29, 1.82) is 0 Å². The molecule has 1 aliphatic carbocycles. The van der Waals surface area contributed by atoms with Crippen LogP contribution in [0.3, 0.4) is 0 Å². The normalized spacial score (nSPS) is 33.1. The maximum atomic E-state index is 6.57. The highest BCUT2D eigenvalue weighted by Gasteiger charge is 2.58. The van der Waals surface area contributed by atoms with Gasteiger partial charge in [-0.3, -0.25) is 10.2 Å². The molecule has 0 amide bonds. The number of nitrogens with one attached hydrogen (secondary N) is 1. The van der Waals surface area contributed by atoms with Crippen LogP contribution in [0, 0.1) is 0 Å². The highest BCUT2D eigenvalue weighted by molar-refractivity contribution is 5.09. The van der Waals surface area contributed by atoms with Crippen molar-refractivity contribution in [2.75, 3.05) is 6.54 Å². The molecule has 1 spiro atoms. The Labute approximate surface area is 142 Å². The third kappa shape index (κ3) is 3.60. The topological polar surface area (TPSA) is 33.7 Å². The van der Waals surface area contributed by atoms with E-state index in [9.17, 15) is 0 Å². The first kappa shape index (κ1) is 17.7. The standard InChI is InChI=1S/C19H36N2O2/c1-16(2)12-19(14-20-18(5,6)23-19)13-17(3,4)21(16)22-15-10-8-7-9-11-15/h15,20H,7-14H2,1-6H3. The van der Waals surface area contributed by atoms with E-state index in [1.165, 1.54) is 32.1 Å². The van der Waals surface area contributed by atoms with Gasteiger partial charge in [0.1, 0.15) is 5.72 Å². The highest BCUT2D eigenvalue weighted by atomic mass is 16.7. The molecule has 0 aromatic carbocycles. The molecule has 0 unspecified atom stereocenters. The van der Waals surface area contributed by atoms with Crippen LogP contribution in [0.2, 0.25) is 0 Å². The molecular weight excluding hydrogens is 288 g/mol. The maximum Gasteiger partial charge on any atom is 0.114 e. The van der Waals surface area contributed by atoms with E-state index in [4.69, 9.17) is 9.57 Å². The van der Waals surface area contributed by atoms with Gasteiger partial charge >= 0.3 is 0 Å². The van der Waals surface area contributed by atoms with Crippen LogP contribution in [0.15, 0.2) is 0 Å². The summed E-state index contributed by atoms with van der Waals surface area (Å²) in [6.07, 6.45) is 8.81. The molecule has 2 saturated heterocycles. The monoisotopic (exact) mass is 324 g/mol. The average Bonchev–Trinajstić information content (AvgIpc) is 2.69. The fourth-order valence-electron chi connectivity index (χ4n) is 5.39. The second kappa shape index (κ2) is 5.69. The Morgan fingerprint density at radius 3 is 1.96 bits per heavy atom. The van der Waals surface area contributed by atoms with Crippen molar-refractivity contribution in [3.63, 3.8) is 0 Å². The Morgan fingerprint density at radius 1 is 0.913 bits per heavy atom. The molecule has 1 saturated carbocycles. The molecule has 2 heterocycles. The van der Waals surface area contributed by atoms with Crippen LogP contribution in [-0.2, 0) is 9.57 Å². The number of hydrogen-bond acceptors (Lipinski definition) is 4. The van der Waals surface area contributed by atoms with E-state index in [2.05, 4.69) is 51.9 Å². The molecule has 0 bridgehead atoms. The van der Waals surface area contributed by atoms with Gasteiger partial charge < -0.3 is 4.74 Å². The van der Waals surface area contributed by atoms with Crippen molar-refractivity contribution in [3.05, 3.63) is 0 Å². The van der Waals surface area contributed by atoms with Gasteiger partial charge in [0.2, 0.25) is 0 Å². The van der Waals surface area contributed by atoms with Gasteiger partial charge in [-0.1, -0.05) is 19.3 Å². The fourth-order valence-corrected chi connectivity index (χ4v) is 5.39. The van der Waals surface area contributed by atoms with Crippen LogP contribution in [0.4, 0.5) is 0 Å². The van der Waals surface area contributed by atoms with Gasteiger partial charge in [0.05, 0.1) is 11.7 Å². The quantitative estimate of drug-likeness (QED) is 0.832. The number of piperidine rings is 1. The highest BCUT2D eigenvalue weighted by Crippen LogP contribution is 2.48. The predicted molar refractivity (Wildman–Crippen MR) is 93.1 cm³/mol. The maximum absolute atomic E-state index is 6.57.